The highest BCUT2D eigenvalue weighted by atomic mass is 16.5. The molecule has 0 unspecified atom stereocenters. The second-order valence-electron chi connectivity index (χ2n) is 1.88. The van der Waals surface area contributed by atoms with Crippen molar-refractivity contribution in [1.29, 1.82) is 0 Å². The van der Waals surface area contributed by atoms with E-state index in [-0.39, 0.29) is 24.8 Å². The predicted molar refractivity (Wildman–Crippen MR) is 40.1 cm³/mol. The van der Waals surface area contributed by atoms with E-state index in [1.165, 1.54) is 7.11 Å². The summed E-state index contributed by atoms with van der Waals surface area (Å²) in [4.78, 5) is 21.2. The minimum Gasteiger partial charge on any atom is -0.375 e. The Kier molecular flexibility index (Phi) is 5.02. The summed E-state index contributed by atoms with van der Waals surface area (Å²) >= 11 is 0. The third kappa shape index (κ3) is 5.29. The molecule has 0 heterocycles. The van der Waals surface area contributed by atoms with Gasteiger partial charge in [0.05, 0.1) is 6.54 Å². The van der Waals surface area contributed by atoms with Gasteiger partial charge in [-0.25, -0.2) is 0 Å². The van der Waals surface area contributed by atoms with Crippen molar-refractivity contribution in [1.82, 2.24) is 5.32 Å². The quantitative estimate of drug-likeness (QED) is 0.547. The Balaban J connectivity index is 3.45. The van der Waals surface area contributed by atoms with Crippen LogP contribution in [0.4, 0.5) is 0 Å². The van der Waals surface area contributed by atoms with Gasteiger partial charge in [-0.1, -0.05) is 6.58 Å². The van der Waals surface area contributed by atoms with Crippen LogP contribution < -0.4 is 5.32 Å². The topological polar surface area (TPSA) is 55.4 Å². The van der Waals surface area contributed by atoms with Crippen LogP contribution in [0.1, 0.15) is 0 Å². The molecule has 4 nitrogen and oxygen atoms in total. The smallest absolute Gasteiger partial charge is 0.246 e. The molecule has 0 aliphatic heterocycles. The summed E-state index contributed by atoms with van der Waals surface area (Å²) in [7, 11) is 1.41. The first-order valence-corrected chi connectivity index (χ1v) is 3.11. The zero-order valence-electron chi connectivity index (χ0n) is 6.42. The monoisotopic (exact) mass is 157 g/mol. The van der Waals surface area contributed by atoms with Gasteiger partial charge < -0.3 is 10.1 Å². The zero-order valence-corrected chi connectivity index (χ0v) is 6.42. The third-order valence-corrected chi connectivity index (χ3v) is 0.963. The second-order valence-corrected chi connectivity index (χ2v) is 1.88. The molecule has 0 aliphatic carbocycles. The highest BCUT2D eigenvalue weighted by Crippen LogP contribution is 1.72. The molecule has 0 spiro atoms. The first kappa shape index (κ1) is 9.84. The summed E-state index contributed by atoms with van der Waals surface area (Å²) in [6.07, 6.45) is 1.16. The van der Waals surface area contributed by atoms with Crippen LogP contribution in [0, 0.1) is 0 Å². The molecule has 0 aromatic heterocycles. The fourth-order valence-corrected chi connectivity index (χ4v) is 0.440. The van der Waals surface area contributed by atoms with Gasteiger partial charge in [-0.15, -0.1) is 0 Å². The van der Waals surface area contributed by atoms with Crippen LogP contribution >= 0.6 is 0 Å². The van der Waals surface area contributed by atoms with E-state index in [2.05, 4.69) is 16.6 Å². The van der Waals surface area contributed by atoms with Crippen molar-refractivity contribution >= 4 is 11.7 Å². The summed E-state index contributed by atoms with van der Waals surface area (Å²) in [5.74, 6) is -0.517. The highest BCUT2D eigenvalue weighted by molar-refractivity contribution is 5.93. The number of nitrogens with one attached hydrogen (secondary N) is 1. The lowest BCUT2D eigenvalue weighted by Gasteiger charge is -1.99. The molecule has 0 rings (SSSR count). The molecule has 0 fully saturated rings. The first-order valence-electron chi connectivity index (χ1n) is 3.11. The maximum absolute atomic E-state index is 10.6. The molecule has 0 saturated carbocycles. The van der Waals surface area contributed by atoms with Gasteiger partial charge in [0.15, 0.2) is 5.78 Å². The fraction of sp³-hybridized carbons (Fsp3) is 0.429. The van der Waals surface area contributed by atoms with Gasteiger partial charge in [-0.05, 0) is 6.08 Å². The van der Waals surface area contributed by atoms with E-state index >= 15 is 0 Å². The molecule has 11 heavy (non-hydrogen) atoms. The predicted octanol–water partition coefficient (Wildman–Crippen LogP) is -0.496. The lowest BCUT2D eigenvalue weighted by molar-refractivity contribution is -0.126. The number of carbonyl (C=O) groups is 2. The van der Waals surface area contributed by atoms with Crippen LogP contribution in [-0.2, 0) is 14.3 Å². The van der Waals surface area contributed by atoms with E-state index < -0.39 is 0 Å². The van der Waals surface area contributed by atoms with E-state index in [4.69, 9.17) is 0 Å². The number of rotatable bonds is 5. The van der Waals surface area contributed by atoms with Crippen molar-refractivity contribution in [2.75, 3.05) is 20.3 Å². The molecular formula is C7H11NO3. The Bertz CT molecular complexity index is 165. The Hall–Kier alpha value is -1.16. The Labute approximate surface area is 65.2 Å². The average molecular weight is 157 g/mol. The van der Waals surface area contributed by atoms with Gasteiger partial charge in [0, 0.05) is 7.11 Å². The number of methoxy groups -OCH3 is 1. The Morgan fingerprint density at radius 3 is 2.73 bits per heavy atom. The minimum absolute atomic E-state index is 0.00824. The summed E-state index contributed by atoms with van der Waals surface area (Å²) in [5, 5.41) is 2.35. The lowest BCUT2D eigenvalue weighted by Crippen LogP contribution is -2.31. The largest absolute Gasteiger partial charge is 0.375 e. The number of hydrogen-bond acceptors (Lipinski definition) is 3. The van der Waals surface area contributed by atoms with Crippen LogP contribution in [0.3, 0.4) is 0 Å². The van der Waals surface area contributed by atoms with E-state index in [1.54, 1.807) is 0 Å². The highest BCUT2D eigenvalue weighted by Gasteiger charge is 2.00. The summed E-state index contributed by atoms with van der Waals surface area (Å²) < 4.78 is 4.52. The fourth-order valence-electron chi connectivity index (χ4n) is 0.440. The van der Waals surface area contributed by atoms with Gasteiger partial charge in [0.2, 0.25) is 5.91 Å². The van der Waals surface area contributed by atoms with Crippen molar-refractivity contribution < 1.29 is 14.3 Å². The molecule has 0 aromatic carbocycles. The lowest BCUT2D eigenvalue weighted by atomic mass is 10.4. The third-order valence-electron chi connectivity index (χ3n) is 0.963. The Morgan fingerprint density at radius 1 is 1.64 bits per heavy atom. The van der Waals surface area contributed by atoms with Crippen molar-refractivity contribution in [2.24, 2.45) is 0 Å². The van der Waals surface area contributed by atoms with Gasteiger partial charge in [-0.3, -0.25) is 9.59 Å². The molecule has 0 atom stereocenters. The van der Waals surface area contributed by atoms with Crippen LogP contribution in [-0.4, -0.2) is 32.0 Å². The standard InChI is InChI=1S/C7H11NO3/c1-3-6(9)4-8-7(10)5-11-2/h3H,1,4-5H2,2H3,(H,8,10). The van der Waals surface area contributed by atoms with Gasteiger partial charge in [0.25, 0.3) is 0 Å². The number of ketones is 1. The van der Waals surface area contributed by atoms with Gasteiger partial charge in [0.1, 0.15) is 6.61 Å². The van der Waals surface area contributed by atoms with E-state index in [9.17, 15) is 9.59 Å². The Morgan fingerprint density at radius 2 is 2.27 bits per heavy atom. The molecule has 0 saturated heterocycles. The van der Waals surface area contributed by atoms with E-state index in [0.29, 0.717) is 0 Å². The zero-order chi connectivity index (χ0) is 8.69. The molecule has 0 aromatic rings. The maximum Gasteiger partial charge on any atom is 0.246 e. The van der Waals surface area contributed by atoms with Crippen LogP contribution in [0.5, 0.6) is 0 Å². The van der Waals surface area contributed by atoms with Crippen molar-refractivity contribution in [3.05, 3.63) is 12.7 Å². The number of hydrogen-bond donors (Lipinski definition) is 1. The normalized spacial score (nSPS) is 8.82. The first-order chi connectivity index (χ1) is 5.20. The second kappa shape index (κ2) is 5.61. The summed E-state index contributed by atoms with van der Waals surface area (Å²) in [6.45, 7) is 3.22. The minimum atomic E-state index is -0.303. The van der Waals surface area contributed by atoms with Crippen molar-refractivity contribution in [3.8, 4) is 0 Å². The average Bonchev–Trinajstić information content (AvgIpc) is 2.01. The number of carbonyl (C=O) groups excluding carboxylic acids is 2. The SMILES string of the molecule is C=CC(=O)CNC(=O)COC. The van der Waals surface area contributed by atoms with Crippen LogP contribution in [0.2, 0.25) is 0 Å². The molecule has 1 N–H and O–H groups in total. The van der Waals surface area contributed by atoms with Gasteiger partial charge in [-0.2, -0.15) is 0 Å². The molecule has 4 heteroatoms. The number of amides is 1. The van der Waals surface area contributed by atoms with E-state index in [0.717, 1.165) is 6.08 Å². The van der Waals surface area contributed by atoms with Gasteiger partial charge >= 0.3 is 0 Å². The molecule has 62 valence electrons. The number of ether oxygens (including phenoxy) is 1. The van der Waals surface area contributed by atoms with E-state index in [1.807, 2.05) is 0 Å². The van der Waals surface area contributed by atoms with Crippen molar-refractivity contribution in [3.63, 3.8) is 0 Å². The molecule has 0 aliphatic rings. The molecule has 0 radical (unpaired) electrons. The molecule has 0 bridgehead atoms. The summed E-state index contributed by atoms with van der Waals surface area (Å²) in [6, 6.07) is 0. The maximum atomic E-state index is 10.6. The summed E-state index contributed by atoms with van der Waals surface area (Å²) in [5.41, 5.74) is 0. The van der Waals surface area contributed by atoms with Crippen LogP contribution in [0.25, 0.3) is 0 Å². The van der Waals surface area contributed by atoms with Crippen molar-refractivity contribution in [2.45, 2.75) is 0 Å². The molecule has 1 amide bonds. The van der Waals surface area contributed by atoms with Crippen LogP contribution in [0.15, 0.2) is 12.7 Å². The molecular weight excluding hydrogens is 146 g/mol.